The van der Waals surface area contributed by atoms with E-state index in [9.17, 15) is 0 Å². The Bertz CT molecular complexity index is 371. The Morgan fingerprint density at radius 3 is 2.71 bits per heavy atom. The van der Waals surface area contributed by atoms with E-state index in [1.807, 2.05) is 12.4 Å². The van der Waals surface area contributed by atoms with E-state index in [0.717, 1.165) is 6.42 Å². The zero-order chi connectivity index (χ0) is 9.80. The number of hydrogen-bond donors (Lipinski definition) is 0. The number of hydrogen-bond acceptors (Lipinski definition) is 2. The van der Waals surface area contributed by atoms with Gasteiger partial charge in [0.1, 0.15) is 0 Å². The van der Waals surface area contributed by atoms with Crippen LogP contribution in [0, 0.1) is 0 Å². The molecule has 1 nitrogen and oxygen atoms in total. The summed E-state index contributed by atoms with van der Waals surface area (Å²) in [5.41, 5.74) is 1.32. The SMILES string of the molecule is BrC(Cc1ccncc1)c1cccs1. The van der Waals surface area contributed by atoms with Crippen LogP contribution in [-0.2, 0) is 6.42 Å². The van der Waals surface area contributed by atoms with E-state index in [1.165, 1.54) is 10.4 Å². The van der Waals surface area contributed by atoms with Crippen molar-refractivity contribution in [3.8, 4) is 0 Å². The fourth-order valence-corrected chi connectivity index (χ4v) is 2.85. The summed E-state index contributed by atoms with van der Waals surface area (Å²) in [6.07, 6.45) is 4.69. The van der Waals surface area contributed by atoms with Crippen LogP contribution in [0.5, 0.6) is 0 Å². The third-order valence-corrected chi connectivity index (χ3v) is 4.12. The molecule has 0 aliphatic heterocycles. The minimum Gasteiger partial charge on any atom is -0.265 e. The second kappa shape index (κ2) is 4.71. The summed E-state index contributed by atoms with van der Waals surface area (Å²) in [5.74, 6) is 0. The second-order valence-corrected chi connectivity index (χ2v) is 5.13. The Morgan fingerprint density at radius 1 is 1.29 bits per heavy atom. The first kappa shape index (κ1) is 9.87. The average molecular weight is 268 g/mol. The number of rotatable bonds is 3. The molecular formula is C11H10BrNS. The van der Waals surface area contributed by atoms with Crippen LogP contribution in [0.3, 0.4) is 0 Å². The molecule has 1 atom stereocenters. The van der Waals surface area contributed by atoms with Gasteiger partial charge in [-0.3, -0.25) is 4.98 Å². The Balaban J connectivity index is 2.06. The van der Waals surface area contributed by atoms with Crippen molar-refractivity contribution in [3.63, 3.8) is 0 Å². The third kappa shape index (κ3) is 2.42. The van der Waals surface area contributed by atoms with Crippen molar-refractivity contribution < 1.29 is 0 Å². The summed E-state index contributed by atoms with van der Waals surface area (Å²) < 4.78 is 0. The highest BCUT2D eigenvalue weighted by Crippen LogP contribution is 2.29. The normalized spacial score (nSPS) is 12.6. The van der Waals surface area contributed by atoms with Crippen molar-refractivity contribution in [2.24, 2.45) is 0 Å². The van der Waals surface area contributed by atoms with E-state index >= 15 is 0 Å². The lowest BCUT2D eigenvalue weighted by atomic mass is 10.1. The lowest BCUT2D eigenvalue weighted by Crippen LogP contribution is -1.92. The maximum absolute atomic E-state index is 4.00. The molecule has 0 aliphatic rings. The fourth-order valence-electron chi connectivity index (χ4n) is 1.30. The molecule has 0 amide bonds. The largest absolute Gasteiger partial charge is 0.265 e. The van der Waals surface area contributed by atoms with Gasteiger partial charge in [-0.15, -0.1) is 11.3 Å². The summed E-state index contributed by atoms with van der Waals surface area (Å²) in [6.45, 7) is 0. The van der Waals surface area contributed by atoms with E-state index in [2.05, 4.69) is 50.6 Å². The summed E-state index contributed by atoms with van der Waals surface area (Å²) >= 11 is 5.48. The van der Waals surface area contributed by atoms with Crippen LogP contribution in [0.1, 0.15) is 15.3 Å². The zero-order valence-corrected chi connectivity index (χ0v) is 9.96. The van der Waals surface area contributed by atoms with Gasteiger partial charge >= 0.3 is 0 Å². The molecule has 0 aliphatic carbocycles. The maximum atomic E-state index is 4.00. The standard InChI is InChI=1S/C11H10BrNS/c12-10(11-2-1-7-14-11)8-9-3-5-13-6-4-9/h1-7,10H,8H2. The molecule has 14 heavy (non-hydrogen) atoms. The summed E-state index contributed by atoms with van der Waals surface area (Å²) in [5, 5.41) is 2.11. The van der Waals surface area contributed by atoms with E-state index in [1.54, 1.807) is 11.3 Å². The van der Waals surface area contributed by atoms with E-state index in [0.29, 0.717) is 4.83 Å². The fraction of sp³-hybridized carbons (Fsp3) is 0.182. The van der Waals surface area contributed by atoms with Gasteiger partial charge in [0, 0.05) is 17.3 Å². The molecule has 72 valence electrons. The number of halogens is 1. The molecule has 0 N–H and O–H groups in total. The van der Waals surface area contributed by atoms with Crippen molar-refractivity contribution in [2.45, 2.75) is 11.2 Å². The molecule has 0 saturated heterocycles. The molecule has 3 heteroatoms. The van der Waals surface area contributed by atoms with Gasteiger partial charge in [-0.25, -0.2) is 0 Å². The summed E-state index contributed by atoms with van der Waals surface area (Å²) in [6, 6.07) is 8.36. The monoisotopic (exact) mass is 267 g/mol. The van der Waals surface area contributed by atoms with E-state index in [4.69, 9.17) is 0 Å². The molecule has 2 aromatic rings. The van der Waals surface area contributed by atoms with Crippen molar-refractivity contribution in [1.82, 2.24) is 4.98 Å². The van der Waals surface area contributed by atoms with Gasteiger partial charge < -0.3 is 0 Å². The first-order valence-electron chi connectivity index (χ1n) is 4.42. The van der Waals surface area contributed by atoms with Gasteiger partial charge in [0.25, 0.3) is 0 Å². The maximum Gasteiger partial charge on any atom is 0.0529 e. The van der Waals surface area contributed by atoms with Crippen LogP contribution < -0.4 is 0 Å². The number of alkyl halides is 1. The van der Waals surface area contributed by atoms with Crippen molar-refractivity contribution in [2.75, 3.05) is 0 Å². The van der Waals surface area contributed by atoms with Gasteiger partial charge in [0.2, 0.25) is 0 Å². The highest BCUT2D eigenvalue weighted by atomic mass is 79.9. The number of pyridine rings is 1. The summed E-state index contributed by atoms with van der Waals surface area (Å²) in [7, 11) is 0. The van der Waals surface area contributed by atoms with Crippen LogP contribution in [0.25, 0.3) is 0 Å². The van der Waals surface area contributed by atoms with Gasteiger partial charge in [-0.2, -0.15) is 0 Å². The lowest BCUT2D eigenvalue weighted by molar-refractivity contribution is 0.964. The molecule has 2 rings (SSSR count). The predicted octanol–water partition coefficient (Wildman–Crippen LogP) is 3.82. The Morgan fingerprint density at radius 2 is 2.07 bits per heavy atom. The highest BCUT2D eigenvalue weighted by molar-refractivity contribution is 9.09. The number of thiophene rings is 1. The minimum absolute atomic E-state index is 0.421. The van der Waals surface area contributed by atoms with Crippen LogP contribution in [-0.4, -0.2) is 4.98 Å². The first-order chi connectivity index (χ1) is 6.86. The molecule has 0 saturated carbocycles. The number of aromatic nitrogens is 1. The molecule has 0 bridgehead atoms. The van der Waals surface area contributed by atoms with Crippen molar-refractivity contribution >= 4 is 27.3 Å². The molecule has 0 radical (unpaired) electrons. The first-order valence-corrected chi connectivity index (χ1v) is 6.22. The molecule has 2 aromatic heterocycles. The number of nitrogens with zero attached hydrogens (tertiary/aromatic N) is 1. The minimum atomic E-state index is 0.421. The molecule has 0 aromatic carbocycles. The van der Waals surface area contributed by atoms with Gasteiger partial charge in [0.15, 0.2) is 0 Å². The molecule has 0 spiro atoms. The van der Waals surface area contributed by atoms with Crippen LogP contribution in [0.2, 0.25) is 0 Å². The van der Waals surface area contributed by atoms with Gasteiger partial charge in [-0.1, -0.05) is 22.0 Å². The van der Waals surface area contributed by atoms with Crippen LogP contribution in [0.4, 0.5) is 0 Å². The molecule has 1 unspecified atom stereocenters. The Hall–Kier alpha value is -0.670. The van der Waals surface area contributed by atoms with E-state index in [-0.39, 0.29) is 0 Å². The topological polar surface area (TPSA) is 12.9 Å². The predicted molar refractivity (Wildman–Crippen MR) is 63.9 cm³/mol. The van der Waals surface area contributed by atoms with Crippen molar-refractivity contribution in [3.05, 3.63) is 52.5 Å². The smallest absolute Gasteiger partial charge is 0.0529 e. The lowest BCUT2D eigenvalue weighted by Gasteiger charge is -2.06. The van der Waals surface area contributed by atoms with Crippen LogP contribution >= 0.6 is 27.3 Å². The molecule has 0 fully saturated rings. The highest BCUT2D eigenvalue weighted by Gasteiger charge is 2.08. The summed E-state index contributed by atoms with van der Waals surface area (Å²) in [4.78, 5) is 5.80. The zero-order valence-electron chi connectivity index (χ0n) is 7.56. The second-order valence-electron chi connectivity index (χ2n) is 3.04. The van der Waals surface area contributed by atoms with Crippen molar-refractivity contribution in [1.29, 1.82) is 0 Å². The van der Waals surface area contributed by atoms with Gasteiger partial charge in [0.05, 0.1) is 4.83 Å². The molecule has 2 heterocycles. The third-order valence-electron chi connectivity index (χ3n) is 2.02. The van der Waals surface area contributed by atoms with E-state index < -0.39 is 0 Å². The van der Waals surface area contributed by atoms with Gasteiger partial charge in [-0.05, 0) is 35.6 Å². The quantitative estimate of drug-likeness (QED) is 0.771. The van der Waals surface area contributed by atoms with Crippen LogP contribution in [0.15, 0.2) is 42.0 Å². The average Bonchev–Trinajstić information content (AvgIpc) is 2.72. The Labute approximate surface area is 95.9 Å². The molecular weight excluding hydrogens is 258 g/mol. The Kier molecular flexibility index (Phi) is 3.32.